The van der Waals surface area contributed by atoms with E-state index >= 15 is 0 Å². The Morgan fingerprint density at radius 1 is 1.27 bits per heavy atom. The molecule has 4 heteroatoms. The van der Waals surface area contributed by atoms with E-state index in [2.05, 4.69) is 50.9 Å². The lowest BCUT2D eigenvalue weighted by Gasteiger charge is -2.38. The van der Waals surface area contributed by atoms with Crippen molar-refractivity contribution in [3.63, 3.8) is 0 Å². The summed E-state index contributed by atoms with van der Waals surface area (Å²) in [5.74, 6) is 0. The van der Waals surface area contributed by atoms with E-state index in [4.69, 9.17) is 4.43 Å². The third-order valence-electron chi connectivity index (χ3n) is 5.06. The van der Waals surface area contributed by atoms with Crippen LogP contribution in [0.3, 0.4) is 0 Å². The third kappa shape index (κ3) is 4.06. The van der Waals surface area contributed by atoms with E-state index in [-0.39, 0.29) is 17.2 Å². The zero-order valence-electron chi connectivity index (χ0n) is 14.5. The van der Waals surface area contributed by atoms with Gasteiger partial charge >= 0.3 is 0 Å². The van der Waals surface area contributed by atoms with Gasteiger partial charge in [0.2, 0.25) is 0 Å². The van der Waals surface area contributed by atoms with Gasteiger partial charge < -0.3 is 9.22 Å². The molecule has 22 heavy (non-hydrogen) atoms. The van der Waals surface area contributed by atoms with Gasteiger partial charge in [0.1, 0.15) is 6.29 Å². The summed E-state index contributed by atoms with van der Waals surface area (Å²) in [4.78, 5) is 13.7. The molecule has 0 amide bonds. The predicted octanol–water partition coefficient (Wildman–Crippen LogP) is 3.85. The molecule has 2 atom stereocenters. The number of nitrogens with zero attached hydrogens (tertiary/aromatic N) is 1. The molecule has 0 aromatic heterocycles. The summed E-state index contributed by atoms with van der Waals surface area (Å²) in [5.41, 5.74) is 1.25. The van der Waals surface area contributed by atoms with Crippen LogP contribution in [-0.2, 0) is 15.8 Å². The van der Waals surface area contributed by atoms with Crippen LogP contribution in [-0.4, -0.2) is 38.2 Å². The average molecular weight is 320 g/mol. The van der Waals surface area contributed by atoms with E-state index in [1.54, 1.807) is 0 Å². The molecule has 1 aliphatic rings. The van der Waals surface area contributed by atoms with Gasteiger partial charge in [0.25, 0.3) is 0 Å². The monoisotopic (exact) mass is 319 g/mol. The van der Waals surface area contributed by atoms with E-state index in [0.29, 0.717) is 0 Å². The first-order valence-electron chi connectivity index (χ1n) is 8.14. The Bertz CT molecular complexity index is 496. The van der Waals surface area contributed by atoms with Crippen molar-refractivity contribution in [1.82, 2.24) is 4.90 Å². The first-order valence-corrected chi connectivity index (χ1v) is 11.0. The second-order valence-electron chi connectivity index (χ2n) is 7.85. The minimum atomic E-state index is -1.78. The van der Waals surface area contributed by atoms with Crippen LogP contribution in [0.2, 0.25) is 18.1 Å². The van der Waals surface area contributed by atoms with Crippen LogP contribution in [0.4, 0.5) is 0 Å². The topological polar surface area (TPSA) is 29.5 Å². The molecule has 1 fully saturated rings. The Morgan fingerprint density at radius 2 is 1.91 bits per heavy atom. The summed E-state index contributed by atoms with van der Waals surface area (Å²) < 4.78 is 6.50. The second-order valence-corrected chi connectivity index (χ2v) is 12.6. The van der Waals surface area contributed by atoms with Gasteiger partial charge in [-0.05, 0) is 30.1 Å². The van der Waals surface area contributed by atoms with Gasteiger partial charge in [-0.3, -0.25) is 4.90 Å². The zero-order chi connectivity index (χ0) is 16.4. The first kappa shape index (κ1) is 17.4. The lowest BCUT2D eigenvalue weighted by molar-refractivity contribution is -0.111. The summed E-state index contributed by atoms with van der Waals surface area (Å²) in [6, 6.07) is 10.3. The fraction of sp³-hybridized carbons (Fsp3) is 0.611. The molecule has 0 saturated carbocycles. The number of carbonyl (C=O) groups excluding carboxylic acids is 1. The summed E-state index contributed by atoms with van der Waals surface area (Å²) in [6.45, 7) is 13.0. The number of likely N-dealkylation sites (tertiary alicyclic amines) is 1. The van der Waals surface area contributed by atoms with Gasteiger partial charge in [-0.15, -0.1) is 0 Å². The van der Waals surface area contributed by atoms with Crippen LogP contribution in [0.25, 0.3) is 0 Å². The summed E-state index contributed by atoms with van der Waals surface area (Å²) in [7, 11) is -1.78. The molecule has 3 nitrogen and oxygen atoms in total. The standard InChI is InChI=1S/C18H29NO2Si/c1-18(2,3)22(4,5)21-17-11-16(14-20)19(13-17)12-15-9-7-6-8-10-15/h6-10,14,16-17H,11-13H2,1-5H3/t16-,17+/m0/s1. The number of rotatable bonds is 5. The Kier molecular flexibility index (Phi) is 5.25. The van der Waals surface area contributed by atoms with Gasteiger partial charge in [-0.2, -0.15) is 0 Å². The van der Waals surface area contributed by atoms with Crippen LogP contribution in [0.15, 0.2) is 30.3 Å². The van der Waals surface area contributed by atoms with Crippen molar-refractivity contribution in [3.8, 4) is 0 Å². The van der Waals surface area contributed by atoms with Gasteiger partial charge in [0, 0.05) is 13.1 Å². The molecule has 1 heterocycles. The first-order chi connectivity index (χ1) is 10.2. The maximum absolute atomic E-state index is 11.4. The second kappa shape index (κ2) is 6.65. The Labute approximate surface area is 135 Å². The molecule has 0 N–H and O–H groups in total. The highest BCUT2D eigenvalue weighted by atomic mass is 28.4. The minimum absolute atomic E-state index is 0.0185. The molecule has 0 bridgehead atoms. The highest BCUT2D eigenvalue weighted by Crippen LogP contribution is 2.38. The summed E-state index contributed by atoms with van der Waals surface area (Å²) in [6.07, 6.45) is 2.08. The van der Waals surface area contributed by atoms with Gasteiger partial charge in [0.05, 0.1) is 12.1 Å². The van der Waals surface area contributed by atoms with Crippen LogP contribution in [0.1, 0.15) is 32.8 Å². The fourth-order valence-corrected chi connectivity index (χ4v) is 4.07. The molecular formula is C18H29NO2Si. The maximum Gasteiger partial charge on any atom is 0.192 e. The average Bonchev–Trinajstić information content (AvgIpc) is 2.79. The van der Waals surface area contributed by atoms with Crippen molar-refractivity contribution in [2.24, 2.45) is 0 Å². The lowest BCUT2D eigenvalue weighted by atomic mass is 10.2. The molecule has 2 rings (SSSR count). The smallest absolute Gasteiger partial charge is 0.192 e. The number of aldehydes is 1. The van der Waals surface area contributed by atoms with E-state index in [1.807, 2.05) is 18.2 Å². The van der Waals surface area contributed by atoms with Crippen molar-refractivity contribution in [2.45, 2.75) is 64.0 Å². The van der Waals surface area contributed by atoms with Crippen LogP contribution in [0, 0.1) is 0 Å². The summed E-state index contributed by atoms with van der Waals surface area (Å²) >= 11 is 0. The Morgan fingerprint density at radius 3 is 2.45 bits per heavy atom. The van der Waals surface area contributed by atoms with Crippen molar-refractivity contribution in [1.29, 1.82) is 0 Å². The van der Waals surface area contributed by atoms with E-state index in [0.717, 1.165) is 25.8 Å². The highest BCUT2D eigenvalue weighted by molar-refractivity contribution is 6.74. The normalized spacial score (nSPS) is 23.7. The zero-order valence-corrected chi connectivity index (χ0v) is 15.5. The SMILES string of the molecule is CC(C)(C)[Si](C)(C)O[C@@H]1C[C@@H](C=O)N(Cc2ccccc2)C1. The van der Waals surface area contributed by atoms with E-state index in [9.17, 15) is 4.79 Å². The van der Waals surface area contributed by atoms with Crippen LogP contribution in [0.5, 0.6) is 0 Å². The fourth-order valence-electron chi connectivity index (χ4n) is 2.71. The molecule has 0 spiro atoms. The summed E-state index contributed by atoms with van der Waals surface area (Å²) in [5, 5.41) is 0.205. The van der Waals surface area contributed by atoms with Gasteiger partial charge in [0.15, 0.2) is 8.32 Å². The molecule has 0 aliphatic carbocycles. The van der Waals surface area contributed by atoms with Crippen LogP contribution < -0.4 is 0 Å². The number of benzene rings is 1. The largest absolute Gasteiger partial charge is 0.413 e. The van der Waals surface area contributed by atoms with Crippen molar-refractivity contribution >= 4 is 14.6 Å². The predicted molar refractivity (Wildman–Crippen MR) is 93.4 cm³/mol. The van der Waals surface area contributed by atoms with E-state index < -0.39 is 8.32 Å². The molecule has 1 aliphatic heterocycles. The minimum Gasteiger partial charge on any atom is -0.413 e. The van der Waals surface area contributed by atoms with Crippen molar-refractivity contribution in [2.75, 3.05) is 6.54 Å². The molecule has 1 aromatic carbocycles. The molecule has 0 unspecified atom stereocenters. The highest BCUT2D eigenvalue weighted by Gasteiger charge is 2.42. The molecule has 122 valence electrons. The van der Waals surface area contributed by atoms with Crippen LogP contribution >= 0.6 is 0 Å². The quantitative estimate of drug-likeness (QED) is 0.610. The van der Waals surface area contributed by atoms with Gasteiger partial charge in [-0.1, -0.05) is 51.1 Å². The number of carbonyl (C=O) groups is 1. The molecule has 1 aromatic rings. The molecule has 0 radical (unpaired) electrons. The molecule has 1 saturated heterocycles. The van der Waals surface area contributed by atoms with Crippen molar-refractivity contribution in [3.05, 3.63) is 35.9 Å². The Balaban J connectivity index is 2.02. The third-order valence-corrected chi connectivity index (χ3v) is 9.60. The Hall–Kier alpha value is -0.973. The van der Waals surface area contributed by atoms with Gasteiger partial charge in [-0.25, -0.2) is 0 Å². The molecular weight excluding hydrogens is 290 g/mol. The maximum atomic E-state index is 11.4. The number of hydrogen-bond donors (Lipinski definition) is 0. The van der Waals surface area contributed by atoms with E-state index in [1.165, 1.54) is 5.56 Å². The lowest BCUT2D eigenvalue weighted by Crippen LogP contribution is -2.44. The number of hydrogen-bond acceptors (Lipinski definition) is 3. The van der Waals surface area contributed by atoms with Crippen molar-refractivity contribution < 1.29 is 9.22 Å².